The van der Waals surface area contributed by atoms with Crippen LogP contribution in [0.4, 0.5) is 17.6 Å². The molecule has 0 saturated carbocycles. The molecule has 6 nitrogen and oxygen atoms in total. The molecule has 2 aliphatic rings. The van der Waals surface area contributed by atoms with Gasteiger partial charge in [0.25, 0.3) is 0 Å². The van der Waals surface area contributed by atoms with Gasteiger partial charge in [0.1, 0.15) is 6.10 Å². The second-order valence-electron chi connectivity index (χ2n) is 10.1. The number of carboxylic acids is 1. The van der Waals surface area contributed by atoms with Gasteiger partial charge >= 0.3 is 12.6 Å². The van der Waals surface area contributed by atoms with Gasteiger partial charge in [0.05, 0.1) is 12.2 Å². The fourth-order valence-corrected chi connectivity index (χ4v) is 5.58. The summed E-state index contributed by atoms with van der Waals surface area (Å²) in [6.07, 6.45) is 7.14. The molecule has 1 aromatic heterocycles. The van der Waals surface area contributed by atoms with Crippen LogP contribution in [0.3, 0.4) is 0 Å². The molecule has 0 unspecified atom stereocenters. The van der Waals surface area contributed by atoms with E-state index in [1.165, 1.54) is 12.1 Å². The first-order chi connectivity index (χ1) is 19.8. The Morgan fingerprint density at radius 1 is 1.15 bits per heavy atom. The van der Waals surface area contributed by atoms with Crippen molar-refractivity contribution in [2.75, 3.05) is 26.3 Å². The van der Waals surface area contributed by atoms with Gasteiger partial charge in [-0.1, -0.05) is 18.2 Å². The Hall–Kier alpha value is -3.92. The standard InChI is InChI=1S/C31H30F4N2O4/c32-13-3-14-37-15-12-21(18-37)40-28-11-7-20(17-36-28)22-4-1-2-5-24-23(22)8-9-25(30(38)39)29(24)19-6-10-27(26(33)16-19)41-31(34)35/h4,6-11,16-17,21,31H,1-3,5,12-15,18H2,(H,38,39)/t21-/m0/s1. The highest BCUT2D eigenvalue weighted by Crippen LogP contribution is 2.40. The number of fused-ring (bicyclic) bond motifs is 1. The van der Waals surface area contributed by atoms with Gasteiger partial charge in [-0.25, -0.2) is 14.2 Å². The third-order valence-corrected chi connectivity index (χ3v) is 7.42. The van der Waals surface area contributed by atoms with Gasteiger partial charge in [0, 0.05) is 43.0 Å². The zero-order valence-electron chi connectivity index (χ0n) is 22.3. The Morgan fingerprint density at radius 3 is 2.68 bits per heavy atom. The summed E-state index contributed by atoms with van der Waals surface area (Å²) in [6, 6.07) is 10.4. The van der Waals surface area contributed by atoms with E-state index in [9.17, 15) is 27.5 Å². The van der Waals surface area contributed by atoms with Crippen molar-refractivity contribution in [2.24, 2.45) is 0 Å². The molecule has 1 N–H and O–H groups in total. The summed E-state index contributed by atoms with van der Waals surface area (Å²) < 4.78 is 62.8. The number of hydrogen-bond donors (Lipinski definition) is 1. The number of alkyl halides is 3. The Balaban J connectivity index is 1.44. The largest absolute Gasteiger partial charge is 0.478 e. The van der Waals surface area contributed by atoms with Crippen LogP contribution in [0, 0.1) is 5.82 Å². The van der Waals surface area contributed by atoms with Crippen molar-refractivity contribution in [1.29, 1.82) is 0 Å². The number of aromatic nitrogens is 1. The van der Waals surface area contributed by atoms with E-state index >= 15 is 0 Å². The van der Waals surface area contributed by atoms with E-state index in [1.807, 2.05) is 6.07 Å². The van der Waals surface area contributed by atoms with Crippen molar-refractivity contribution < 1.29 is 36.9 Å². The quantitative estimate of drug-likeness (QED) is 0.272. The van der Waals surface area contributed by atoms with Crippen molar-refractivity contribution >= 4 is 11.5 Å². The van der Waals surface area contributed by atoms with Crippen LogP contribution in [0.5, 0.6) is 11.6 Å². The van der Waals surface area contributed by atoms with Crippen LogP contribution < -0.4 is 9.47 Å². The molecule has 1 aliphatic heterocycles. The van der Waals surface area contributed by atoms with E-state index in [1.54, 1.807) is 18.3 Å². The molecular formula is C31H30F4N2O4. The minimum absolute atomic E-state index is 0.00840. The maximum Gasteiger partial charge on any atom is 0.387 e. The number of carboxylic acid groups (broad SMARTS) is 1. The van der Waals surface area contributed by atoms with Crippen molar-refractivity contribution in [3.8, 4) is 22.8 Å². The molecule has 2 heterocycles. The van der Waals surface area contributed by atoms with Crippen LogP contribution in [0.25, 0.3) is 16.7 Å². The number of ether oxygens (including phenoxy) is 2. The number of benzene rings is 2. The van der Waals surface area contributed by atoms with Crippen LogP contribution in [0.2, 0.25) is 0 Å². The smallest absolute Gasteiger partial charge is 0.387 e. The normalized spacial score (nSPS) is 17.2. The van der Waals surface area contributed by atoms with Crippen LogP contribution in [-0.4, -0.2) is 60.0 Å². The molecule has 0 bridgehead atoms. The van der Waals surface area contributed by atoms with E-state index < -0.39 is 24.1 Å². The van der Waals surface area contributed by atoms with Crippen molar-refractivity contribution in [3.63, 3.8) is 0 Å². The molecule has 10 heteroatoms. The number of halogens is 4. The lowest BCUT2D eigenvalue weighted by Gasteiger charge is -2.19. The molecule has 41 heavy (non-hydrogen) atoms. The van der Waals surface area contributed by atoms with Crippen LogP contribution in [0.15, 0.2) is 54.7 Å². The number of pyridine rings is 1. The van der Waals surface area contributed by atoms with Gasteiger partial charge in [-0.15, -0.1) is 0 Å². The highest BCUT2D eigenvalue weighted by atomic mass is 19.3. The third-order valence-electron chi connectivity index (χ3n) is 7.42. The monoisotopic (exact) mass is 570 g/mol. The van der Waals surface area contributed by atoms with E-state index in [-0.39, 0.29) is 23.9 Å². The lowest BCUT2D eigenvalue weighted by molar-refractivity contribution is -0.0521. The maximum atomic E-state index is 14.7. The van der Waals surface area contributed by atoms with Crippen LogP contribution in [-0.2, 0) is 6.42 Å². The van der Waals surface area contributed by atoms with Gasteiger partial charge in [-0.05, 0) is 78.6 Å². The van der Waals surface area contributed by atoms with Gasteiger partial charge in [-0.3, -0.25) is 9.29 Å². The lowest BCUT2D eigenvalue weighted by Crippen LogP contribution is -2.26. The molecule has 5 rings (SSSR count). The minimum Gasteiger partial charge on any atom is -0.478 e. The molecule has 0 amide bonds. The summed E-state index contributed by atoms with van der Waals surface area (Å²) in [5.41, 5.74) is 3.81. The zero-order chi connectivity index (χ0) is 28.9. The second kappa shape index (κ2) is 12.7. The van der Waals surface area contributed by atoms with Crippen LogP contribution >= 0.6 is 0 Å². The van der Waals surface area contributed by atoms with E-state index in [0.29, 0.717) is 30.8 Å². The number of hydrogen-bond acceptors (Lipinski definition) is 5. The van der Waals surface area contributed by atoms with Crippen molar-refractivity contribution in [3.05, 3.63) is 82.8 Å². The Bertz CT molecular complexity index is 1430. The first-order valence-electron chi connectivity index (χ1n) is 13.6. The van der Waals surface area contributed by atoms with E-state index in [2.05, 4.69) is 20.7 Å². The minimum atomic E-state index is -3.18. The zero-order valence-corrected chi connectivity index (χ0v) is 22.3. The highest BCUT2D eigenvalue weighted by Gasteiger charge is 2.26. The second-order valence-corrected chi connectivity index (χ2v) is 10.1. The van der Waals surface area contributed by atoms with Gasteiger partial charge in [-0.2, -0.15) is 8.78 Å². The first kappa shape index (κ1) is 28.6. The fraction of sp³-hybridized carbons (Fsp3) is 0.355. The fourth-order valence-electron chi connectivity index (χ4n) is 5.58. The van der Waals surface area contributed by atoms with Crippen LogP contribution in [0.1, 0.15) is 52.7 Å². The maximum absolute atomic E-state index is 14.7. The number of allylic oxidation sites excluding steroid dienone is 1. The first-order valence-corrected chi connectivity index (χ1v) is 13.6. The topological polar surface area (TPSA) is 71.9 Å². The summed E-state index contributed by atoms with van der Waals surface area (Å²) in [5.74, 6) is -2.30. The predicted octanol–water partition coefficient (Wildman–Crippen LogP) is 6.77. The SMILES string of the molecule is O=C(O)c1ccc2c(c1-c1ccc(OC(F)F)c(F)c1)CCCC=C2c1ccc(O[C@H]2CCN(CCCF)C2)nc1. The number of rotatable bonds is 10. The van der Waals surface area contributed by atoms with Gasteiger partial charge < -0.3 is 14.6 Å². The molecule has 1 atom stereocenters. The number of carbonyl (C=O) groups is 1. The summed E-state index contributed by atoms with van der Waals surface area (Å²) in [6.45, 7) is -1.22. The number of likely N-dealkylation sites (tertiary alicyclic amines) is 1. The summed E-state index contributed by atoms with van der Waals surface area (Å²) in [4.78, 5) is 18.9. The predicted molar refractivity (Wildman–Crippen MR) is 146 cm³/mol. The van der Waals surface area contributed by atoms with Gasteiger partial charge in [0.15, 0.2) is 11.6 Å². The molecule has 0 radical (unpaired) electrons. The average molecular weight is 571 g/mol. The third kappa shape index (κ3) is 6.53. The van der Waals surface area contributed by atoms with Crippen molar-refractivity contribution in [2.45, 2.75) is 44.8 Å². The molecule has 1 saturated heterocycles. The lowest BCUT2D eigenvalue weighted by atomic mass is 9.85. The number of aromatic carboxylic acids is 1. The molecule has 216 valence electrons. The highest BCUT2D eigenvalue weighted by molar-refractivity contribution is 5.99. The molecular weight excluding hydrogens is 540 g/mol. The summed E-state index contributed by atoms with van der Waals surface area (Å²) in [7, 11) is 0. The van der Waals surface area contributed by atoms with Crippen molar-refractivity contribution in [1.82, 2.24) is 9.88 Å². The molecule has 1 aliphatic carbocycles. The van der Waals surface area contributed by atoms with E-state index in [0.717, 1.165) is 66.7 Å². The summed E-state index contributed by atoms with van der Waals surface area (Å²) in [5, 5.41) is 9.96. The summed E-state index contributed by atoms with van der Waals surface area (Å²) >= 11 is 0. The Kier molecular flexibility index (Phi) is 8.87. The molecule has 2 aromatic carbocycles. The Morgan fingerprint density at radius 2 is 1.98 bits per heavy atom. The Labute approximate surface area is 235 Å². The van der Waals surface area contributed by atoms with Gasteiger partial charge in [0.2, 0.25) is 5.88 Å². The molecule has 1 fully saturated rings. The number of nitrogens with zero attached hydrogens (tertiary/aromatic N) is 2. The molecule has 0 spiro atoms. The molecule has 3 aromatic rings. The average Bonchev–Trinajstić information content (AvgIpc) is 3.28. The van der Waals surface area contributed by atoms with E-state index in [4.69, 9.17) is 4.74 Å².